The number of nitrogens with zero attached hydrogens (tertiary/aromatic N) is 4. The molecule has 1 aliphatic rings. The van der Waals surface area contributed by atoms with Gasteiger partial charge in [-0.25, -0.2) is 9.98 Å². The average Bonchev–Trinajstić information content (AvgIpc) is 3.44. The van der Waals surface area contributed by atoms with E-state index < -0.39 is 0 Å². The number of hydrogen-bond donors (Lipinski definition) is 1. The molecule has 2 heterocycles. The van der Waals surface area contributed by atoms with Gasteiger partial charge in [-0.15, -0.1) is 0 Å². The molecule has 0 amide bonds. The molecule has 5 nitrogen and oxygen atoms in total. The Labute approximate surface area is 290 Å². The Kier molecular flexibility index (Phi) is 7.29. The lowest BCUT2D eigenvalue weighted by atomic mass is 9.93. The predicted octanol–water partition coefficient (Wildman–Crippen LogP) is 10.7. The quantitative estimate of drug-likeness (QED) is 0.150. The van der Waals surface area contributed by atoms with Gasteiger partial charge < -0.3 is 15.2 Å². The van der Waals surface area contributed by atoms with Crippen LogP contribution in [0.3, 0.4) is 0 Å². The van der Waals surface area contributed by atoms with Crippen molar-refractivity contribution >= 4 is 50.5 Å². The topological polar surface area (TPSA) is 58.9 Å². The Morgan fingerprint density at radius 3 is 1.86 bits per heavy atom. The van der Waals surface area contributed by atoms with Crippen LogP contribution in [0, 0.1) is 0 Å². The van der Waals surface area contributed by atoms with Crippen molar-refractivity contribution in [3.05, 3.63) is 187 Å². The molecule has 0 saturated carbocycles. The van der Waals surface area contributed by atoms with E-state index in [2.05, 4.69) is 125 Å². The summed E-state index contributed by atoms with van der Waals surface area (Å²) in [6.45, 7) is 0.344. The first-order valence-corrected chi connectivity index (χ1v) is 16.8. The second-order valence-electron chi connectivity index (χ2n) is 12.4. The van der Waals surface area contributed by atoms with Gasteiger partial charge in [0.2, 0.25) is 0 Å². The highest BCUT2D eigenvalue weighted by Crippen LogP contribution is 2.53. The molecule has 9 rings (SSSR count). The fourth-order valence-electron chi connectivity index (χ4n) is 7.26. The van der Waals surface area contributed by atoms with Crippen LogP contribution in [0.2, 0.25) is 0 Å². The van der Waals surface area contributed by atoms with Crippen molar-refractivity contribution in [3.63, 3.8) is 0 Å². The molecule has 0 radical (unpaired) electrons. The lowest BCUT2D eigenvalue weighted by Gasteiger charge is -2.27. The maximum atomic E-state index is 6.59. The number of rotatable bonds is 5. The van der Waals surface area contributed by atoms with Gasteiger partial charge >= 0.3 is 0 Å². The highest BCUT2D eigenvalue weighted by molar-refractivity contribution is 6.18. The van der Waals surface area contributed by atoms with E-state index >= 15 is 0 Å². The highest BCUT2D eigenvalue weighted by atomic mass is 15.2. The zero-order valence-corrected chi connectivity index (χ0v) is 27.3. The van der Waals surface area contributed by atoms with Crippen molar-refractivity contribution in [2.45, 2.75) is 6.67 Å². The highest BCUT2D eigenvalue weighted by Gasteiger charge is 2.29. The number of para-hydroxylation sites is 3. The maximum Gasteiger partial charge on any atom is 0.158 e. The number of fused-ring (bicyclic) bond motifs is 9. The van der Waals surface area contributed by atoms with E-state index in [9.17, 15) is 0 Å². The van der Waals surface area contributed by atoms with E-state index in [1.807, 2.05) is 60.7 Å². The zero-order valence-electron chi connectivity index (χ0n) is 27.3. The van der Waals surface area contributed by atoms with Gasteiger partial charge in [0.25, 0.3) is 0 Å². The third kappa shape index (κ3) is 4.95. The molecule has 0 unspecified atom stereocenters. The summed E-state index contributed by atoms with van der Waals surface area (Å²) in [7, 11) is 0. The molecule has 0 aliphatic carbocycles. The van der Waals surface area contributed by atoms with Crippen LogP contribution in [0.4, 0.5) is 17.1 Å². The molecule has 5 heteroatoms. The summed E-state index contributed by atoms with van der Waals surface area (Å²) in [5.74, 6) is 1.01. The van der Waals surface area contributed by atoms with Crippen molar-refractivity contribution in [1.29, 1.82) is 0 Å². The summed E-state index contributed by atoms with van der Waals surface area (Å²) in [4.78, 5) is 12.6. The number of anilines is 3. The first-order valence-electron chi connectivity index (χ1n) is 16.8. The standard InChI is InChI=1S/C45H33N5/c46-44(31-16-4-1-5-17-31)48-45(32-18-6-2-7-19-32)47-30-49-39-26-14-12-24-36(39)38-28-29-41-42(43(38)49)37-25-11-10-22-34(37)35-23-13-15-27-40(35)50(41)33-20-8-3-9-21-33/h1-29H,30H2,(H2,46,47,48). The van der Waals surface area contributed by atoms with Crippen molar-refractivity contribution in [1.82, 2.24) is 4.57 Å². The van der Waals surface area contributed by atoms with E-state index in [1.54, 1.807) is 0 Å². The summed E-state index contributed by atoms with van der Waals surface area (Å²) < 4.78 is 2.34. The van der Waals surface area contributed by atoms with Crippen molar-refractivity contribution in [3.8, 4) is 22.3 Å². The molecule has 0 saturated heterocycles. The third-order valence-corrected chi connectivity index (χ3v) is 9.49. The van der Waals surface area contributed by atoms with Crippen molar-refractivity contribution in [2.24, 2.45) is 15.7 Å². The normalized spacial score (nSPS) is 12.8. The molecule has 8 aromatic rings. The smallest absolute Gasteiger partial charge is 0.158 e. The summed E-state index contributed by atoms with van der Waals surface area (Å²) in [5, 5.41) is 2.36. The van der Waals surface area contributed by atoms with Crippen LogP contribution >= 0.6 is 0 Å². The second kappa shape index (κ2) is 12.4. The van der Waals surface area contributed by atoms with Crippen LogP contribution in [0.15, 0.2) is 186 Å². The SMILES string of the molecule is NC(=N/C(=N\Cn1c2ccccc2c2ccc3c(c21)-c1ccccc1-c1ccccc1N3c1ccccc1)c1ccccc1)c1ccccc1. The number of benzene rings is 7. The maximum absolute atomic E-state index is 6.59. The summed E-state index contributed by atoms with van der Waals surface area (Å²) in [6.07, 6.45) is 0. The van der Waals surface area contributed by atoms with Gasteiger partial charge in [0, 0.05) is 38.7 Å². The number of amidine groups is 2. The number of hydrogen-bond acceptors (Lipinski definition) is 2. The van der Waals surface area contributed by atoms with Crippen LogP contribution < -0.4 is 10.6 Å². The van der Waals surface area contributed by atoms with Crippen LogP contribution in [0.1, 0.15) is 11.1 Å². The molecular weight excluding hydrogens is 611 g/mol. The lowest BCUT2D eigenvalue weighted by Crippen LogP contribution is -2.16. The van der Waals surface area contributed by atoms with Crippen molar-refractivity contribution < 1.29 is 0 Å². The fraction of sp³-hybridized carbons (Fsp3) is 0.0222. The van der Waals surface area contributed by atoms with E-state index in [0.717, 1.165) is 44.8 Å². The molecule has 1 aliphatic heterocycles. The van der Waals surface area contributed by atoms with E-state index in [0.29, 0.717) is 18.3 Å². The van der Waals surface area contributed by atoms with Gasteiger partial charge in [-0.3, -0.25) is 0 Å². The minimum absolute atomic E-state index is 0.344. The minimum atomic E-state index is 0.344. The van der Waals surface area contributed by atoms with Crippen LogP contribution in [0.25, 0.3) is 44.1 Å². The third-order valence-electron chi connectivity index (χ3n) is 9.49. The molecule has 238 valence electrons. The van der Waals surface area contributed by atoms with Crippen LogP contribution in [0.5, 0.6) is 0 Å². The molecule has 0 spiro atoms. The zero-order chi connectivity index (χ0) is 33.4. The van der Waals surface area contributed by atoms with E-state index in [4.69, 9.17) is 15.7 Å². The molecular formula is C45H33N5. The van der Waals surface area contributed by atoms with Gasteiger partial charge in [-0.2, -0.15) is 0 Å². The van der Waals surface area contributed by atoms with Gasteiger partial charge in [-0.1, -0.05) is 146 Å². The number of aliphatic imine (C=N–C) groups is 2. The summed E-state index contributed by atoms with van der Waals surface area (Å²) in [6, 6.07) is 61.2. The minimum Gasteiger partial charge on any atom is -0.383 e. The largest absolute Gasteiger partial charge is 0.383 e. The molecule has 50 heavy (non-hydrogen) atoms. The van der Waals surface area contributed by atoms with Gasteiger partial charge in [0.1, 0.15) is 12.5 Å². The molecule has 7 aromatic carbocycles. The average molecular weight is 644 g/mol. The first kappa shape index (κ1) is 29.4. The molecule has 0 bridgehead atoms. The fourth-order valence-corrected chi connectivity index (χ4v) is 7.26. The Bertz CT molecular complexity index is 2570. The second-order valence-corrected chi connectivity index (χ2v) is 12.4. The number of aromatic nitrogens is 1. The van der Waals surface area contributed by atoms with Gasteiger partial charge in [0.05, 0.1) is 22.4 Å². The Morgan fingerprint density at radius 1 is 0.500 bits per heavy atom. The Balaban J connectivity index is 1.34. The lowest BCUT2D eigenvalue weighted by molar-refractivity contribution is 0.792. The summed E-state index contributed by atoms with van der Waals surface area (Å²) >= 11 is 0. The molecule has 2 N–H and O–H groups in total. The Morgan fingerprint density at radius 2 is 1.10 bits per heavy atom. The Hall–Kier alpha value is -6.72. The van der Waals surface area contributed by atoms with E-state index in [1.165, 1.54) is 27.5 Å². The predicted molar refractivity (Wildman–Crippen MR) is 209 cm³/mol. The van der Waals surface area contributed by atoms with Gasteiger partial charge in [-0.05, 0) is 41.5 Å². The van der Waals surface area contributed by atoms with Crippen LogP contribution in [-0.2, 0) is 6.67 Å². The van der Waals surface area contributed by atoms with Crippen molar-refractivity contribution in [2.75, 3.05) is 4.90 Å². The van der Waals surface area contributed by atoms with Crippen LogP contribution in [-0.4, -0.2) is 16.2 Å². The monoisotopic (exact) mass is 643 g/mol. The molecule has 1 aromatic heterocycles. The first-order chi connectivity index (χ1) is 24.8. The summed E-state index contributed by atoms with van der Waals surface area (Å²) in [5.41, 5.74) is 18.7. The number of nitrogens with two attached hydrogens (primary N) is 1. The molecule has 0 atom stereocenters. The van der Waals surface area contributed by atoms with Gasteiger partial charge in [0.15, 0.2) is 5.84 Å². The molecule has 0 fully saturated rings. The van der Waals surface area contributed by atoms with E-state index in [-0.39, 0.29) is 0 Å².